The topological polar surface area (TPSA) is 73.9 Å². The van der Waals surface area contributed by atoms with Gasteiger partial charge in [0.05, 0.1) is 26.5 Å². The van der Waals surface area contributed by atoms with E-state index in [0.717, 1.165) is 10.4 Å². The van der Waals surface area contributed by atoms with Crippen LogP contribution in [0.3, 0.4) is 0 Å². The first-order chi connectivity index (χ1) is 14.1. The number of esters is 1. The Morgan fingerprint density at radius 1 is 0.966 bits per heavy atom. The number of rotatable bonds is 7. The molecule has 0 aliphatic carbocycles. The predicted octanol–water partition coefficient (Wildman–Crippen LogP) is 4.86. The fourth-order valence-electron chi connectivity index (χ4n) is 2.84. The van der Waals surface area contributed by atoms with E-state index in [1.807, 2.05) is 30.3 Å². The van der Waals surface area contributed by atoms with Crippen molar-refractivity contribution >= 4 is 28.9 Å². The maximum atomic E-state index is 13.0. The molecule has 29 heavy (non-hydrogen) atoms. The largest absolute Gasteiger partial charge is 0.496 e. The van der Waals surface area contributed by atoms with Crippen LogP contribution in [0.25, 0.3) is 10.4 Å². The summed E-state index contributed by atoms with van der Waals surface area (Å²) in [6, 6.07) is 16.5. The molecule has 1 heterocycles. The number of ether oxygens (including phenoxy) is 3. The molecule has 0 aliphatic heterocycles. The van der Waals surface area contributed by atoms with Gasteiger partial charge < -0.3 is 19.5 Å². The zero-order valence-corrected chi connectivity index (χ0v) is 17.2. The van der Waals surface area contributed by atoms with E-state index in [0.29, 0.717) is 22.1 Å². The smallest absolute Gasteiger partial charge is 0.350 e. The van der Waals surface area contributed by atoms with Crippen LogP contribution >= 0.6 is 11.3 Å². The number of carbonyl (C=O) groups excluding carboxylic acids is 2. The molecular weight excluding hydrogens is 390 g/mol. The molecule has 1 aromatic heterocycles. The Hall–Kier alpha value is -3.32. The van der Waals surface area contributed by atoms with Crippen molar-refractivity contribution in [2.75, 3.05) is 26.1 Å². The molecule has 1 amide bonds. The molecule has 0 atom stereocenters. The summed E-state index contributed by atoms with van der Waals surface area (Å²) in [5, 5.41) is 2.82. The van der Waals surface area contributed by atoms with Gasteiger partial charge in [-0.15, -0.1) is 11.3 Å². The molecule has 1 N–H and O–H groups in total. The zero-order chi connectivity index (χ0) is 20.8. The van der Waals surface area contributed by atoms with Crippen LogP contribution in [0.1, 0.15) is 27.0 Å². The van der Waals surface area contributed by atoms with Crippen molar-refractivity contribution in [3.63, 3.8) is 0 Å². The van der Waals surface area contributed by atoms with E-state index in [2.05, 4.69) is 5.32 Å². The van der Waals surface area contributed by atoms with Crippen LogP contribution < -0.4 is 14.8 Å². The van der Waals surface area contributed by atoms with E-state index in [1.165, 1.54) is 25.6 Å². The van der Waals surface area contributed by atoms with E-state index in [1.54, 1.807) is 31.2 Å². The van der Waals surface area contributed by atoms with Crippen LogP contribution in [0.15, 0.2) is 54.6 Å². The molecule has 7 heteroatoms. The van der Waals surface area contributed by atoms with Gasteiger partial charge in [-0.1, -0.05) is 36.4 Å². The fraction of sp³-hybridized carbons (Fsp3) is 0.182. The van der Waals surface area contributed by atoms with Gasteiger partial charge in [0.1, 0.15) is 21.9 Å². The molecule has 150 valence electrons. The molecule has 6 nitrogen and oxygen atoms in total. The normalized spacial score (nSPS) is 10.3. The lowest BCUT2D eigenvalue weighted by Gasteiger charge is -2.13. The summed E-state index contributed by atoms with van der Waals surface area (Å²) in [6.07, 6.45) is 0. The second-order valence-corrected chi connectivity index (χ2v) is 6.98. The first kappa shape index (κ1) is 20.4. The molecule has 3 aromatic rings. The highest BCUT2D eigenvalue weighted by Crippen LogP contribution is 2.36. The number of benzene rings is 2. The lowest BCUT2D eigenvalue weighted by Crippen LogP contribution is -2.16. The van der Waals surface area contributed by atoms with Crippen LogP contribution in [0, 0.1) is 0 Å². The third-order valence-corrected chi connectivity index (χ3v) is 5.32. The van der Waals surface area contributed by atoms with Crippen molar-refractivity contribution < 1.29 is 23.8 Å². The Bertz CT molecular complexity index is 991. The Kier molecular flexibility index (Phi) is 6.51. The van der Waals surface area contributed by atoms with Crippen molar-refractivity contribution in [1.82, 2.24) is 0 Å². The third-order valence-electron chi connectivity index (χ3n) is 4.15. The van der Waals surface area contributed by atoms with Crippen LogP contribution in [0.2, 0.25) is 0 Å². The summed E-state index contributed by atoms with van der Waals surface area (Å²) in [6.45, 7) is 1.98. The molecule has 0 fully saturated rings. The van der Waals surface area contributed by atoms with Crippen LogP contribution in [-0.2, 0) is 4.74 Å². The zero-order valence-electron chi connectivity index (χ0n) is 16.4. The highest BCUT2D eigenvalue weighted by molar-refractivity contribution is 7.18. The van der Waals surface area contributed by atoms with Gasteiger partial charge in [0.15, 0.2) is 0 Å². The Morgan fingerprint density at radius 2 is 1.62 bits per heavy atom. The number of hydrogen-bond donors (Lipinski definition) is 1. The van der Waals surface area contributed by atoms with E-state index in [4.69, 9.17) is 14.2 Å². The maximum Gasteiger partial charge on any atom is 0.350 e. The van der Waals surface area contributed by atoms with Crippen LogP contribution in [-0.4, -0.2) is 32.7 Å². The molecule has 0 unspecified atom stereocenters. The number of nitrogens with one attached hydrogen (secondary N) is 1. The molecule has 0 bridgehead atoms. The third kappa shape index (κ3) is 4.41. The summed E-state index contributed by atoms with van der Waals surface area (Å²) in [7, 11) is 2.96. The van der Waals surface area contributed by atoms with Gasteiger partial charge in [0.2, 0.25) is 0 Å². The summed E-state index contributed by atoms with van der Waals surface area (Å²) >= 11 is 1.27. The minimum absolute atomic E-state index is 0.241. The van der Waals surface area contributed by atoms with Gasteiger partial charge in [-0.2, -0.15) is 0 Å². The molecule has 2 aromatic carbocycles. The first-order valence-electron chi connectivity index (χ1n) is 8.97. The predicted molar refractivity (Wildman–Crippen MR) is 113 cm³/mol. The van der Waals surface area contributed by atoms with Gasteiger partial charge in [-0.25, -0.2) is 4.79 Å². The molecular formula is C22H21NO5S. The number of amides is 1. The summed E-state index contributed by atoms with van der Waals surface area (Å²) in [5.74, 6) is -0.180. The molecule has 0 spiro atoms. The van der Waals surface area contributed by atoms with Gasteiger partial charge >= 0.3 is 5.97 Å². The Balaban J connectivity index is 2.01. The lowest BCUT2D eigenvalue weighted by atomic mass is 10.1. The van der Waals surface area contributed by atoms with Crippen LogP contribution in [0.5, 0.6) is 11.5 Å². The van der Waals surface area contributed by atoms with Crippen molar-refractivity contribution in [1.29, 1.82) is 0 Å². The Morgan fingerprint density at radius 3 is 2.21 bits per heavy atom. The van der Waals surface area contributed by atoms with Crippen molar-refractivity contribution in [2.45, 2.75) is 6.92 Å². The second-order valence-electron chi connectivity index (χ2n) is 5.93. The lowest BCUT2D eigenvalue weighted by molar-refractivity contribution is 0.0533. The number of anilines is 1. The SMILES string of the molecule is CCOC(=O)c1sc(-c2ccccc2)cc1NC(=O)c1c(OC)cccc1OC. The molecule has 0 saturated heterocycles. The number of thiophene rings is 1. The molecule has 0 radical (unpaired) electrons. The maximum absolute atomic E-state index is 13.0. The standard InChI is InChI=1S/C22H21NO5S/c1-4-28-22(25)20-15(13-18(29-20)14-9-6-5-7-10-14)23-21(24)19-16(26-2)11-8-12-17(19)27-3/h5-13H,4H2,1-3H3,(H,23,24). The fourth-order valence-corrected chi connectivity index (χ4v) is 3.85. The van der Waals surface area contributed by atoms with E-state index in [-0.39, 0.29) is 12.2 Å². The number of hydrogen-bond acceptors (Lipinski definition) is 6. The van der Waals surface area contributed by atoms with Crippen molar-refractivity contribution in [3.05, 3.63) is 65.0 Å². The quantitative estimate of drug-likeness (QED) is 0.562. The molecule has 0 aliphatic rings. The monoisotopic (exact) mass is 411 g/mol. The number of methoxy groups -OCH3 is 2. The van der Waals surface area contributed by atoms with Gasteiger partial charge in [-0.05, 0) is 30.7 Å². The Labute approximate surface area is 173 Å². The van der Waals surface area contributed by atoms with Crippen molar-refractivity contribution in [3.8, 4) is 21.9 Å². The number of carbonyl (C=O) groups is 2. The van der Waals surface area contributed by atoms with Gasteiger partial charge in [0, 0.05) is 4.88 Å². The first-order valence-corrected chi connectivity index (χ1v) is 9.79. The molecule has 0 saturated carbocycles. The minimum Gasteiger partial charge on any atom is -0.496 e. The van der Waals surface area contributed by atoms with Crippen LogP contribution in [0.4, 0.5) is 5.69 Å². The average molecular weight is 411 g/mol. The summed E-state index contributed by atoms with van der Waals surface area (Å²) < 4.78 is 15.8. The van der Waals surface area contributed by atoms with Crippen molar-refractivity contribution in [2.24, 2.45) is 0 Å². The second kappa shape index (κ2) is 9.25. The molecule has 3 rings (SSSR count). The summed E-state index contributed by atoms with van der Waals surface area (Å²) in [4.78, 5) is 26.7. The van der Waals surface area contributed by atoms with Gasteiger partial charge in [-0.3, -0.25) is 4.79 Å². The van der Waals surface area contributed by atoms with E-state index >= 15 is 0 Å². The summed E-state index contributed by atoms with van der Waals surface area (Å²) in [5.41, 5.74) is 1.57. The minimum atomic E-state index is -0.484. The van der Waals surface area contributed by atoms with E-state index < -0.39 is 11.9 Å². The average Bonchev–Trinajstić information content (AvgIpc) is 3.17. The van der Waals surface area contributed by atoms with E-state index in [9.17, 15) is 9.59 Å². The highest BCUT2D eigenvalue weighted by Gasteiger charge is 2.23. The van der Waals surface area contributed by atoms with Gasteiger partial charge in [0.25, 0.3) is 5.91 Å². The highest BCUT2D eigenvalue weighted by atomic mass is 32.1.